The van der Waals surface area contributed by atoms with Gasteiger partial charge in [-0.05, 0) is 42.8 Å². The van der Waals surface area contributed by atoms with Crippen LogP contribution in [-0.4, -0.2) is 25.0 Å². The number of nitrogens with two attached hydrogens (primary N) is 1. The molecule has 0 heterocycles. The summed E-state index contributed by atoms with van der Waals surface area (Å²) < 4.78 is 0. The Morgan fingerprint density at radius 2 is 1.67 bits per heavy atom. The van der Waals surface area contributed by atoms with E-state index in [-0.39, 0.29) is 6.04 Å². The number of likely N-dealkylation sites (N-methyl/N-ethyl adjacent to an activating group) is 1. The maximum absolute atomic E-state index is 6.09. The van der Waals surface area contributed by atoms with Crippen LogP contribution in [0.2, 0.25) is 10.0 Å². The molecule has 0 aliphatic carbocycles. The molecule has 0 bridgehead atoms. The Hall–Kier alpha value is -1.06. The van der Waals surface area contributed by atoms with Gasteiger partial charge in [0.25, 0.3) is 0 Å². The number of benzene rings is 2. The van der Waals surface area contributed by atoms with Gasteiger partial charge in [0, 0.05) is 29.2 Å². The summed E-state index contributed by atoms with van der Waals surface area (Å²) in [5.41, 5.74) is 8.33. The molecule has 0 spiro atoms. The van der Waals surface area contributed by atoms with Crippen LogP contribution in [0, 0.1) is 0 Å². The summed E-state index contributed by atoms with van der Waals surface area (Å²) in [7, 11) is 2.08. The first-order valence-electron chi connectivity index (χ1n) is 7.00. The molecule has 0 amide bonds. The molecular formula is C17H20Cl2N2. The van der Waals surface area contributed by atoms with Crippen LogP contribution in [0.1, 0.15) is 17.2 Å². The maximum atomic E-state index is 6.09. The van der Waals surface area contributed by atoms with Crippen molar-refractivity contribution in [2.24, 2.45) is 5.73 Å². The van der Waals surface area contributed by atoms with Crippen LogP contribution >= 0.6 is 23.2 Å². The molecule has 2 N–H and O–H groups in total. The molecule has 0 saturated carbocycles. The molecule has 1 atom stereocenters. The lowest BCUT2D eigenvalue weighted by atomic mass is 10.0. The smallest absolute Gasteiger partial charge is 0.0468 e. The Morgan fingerprint density at radius 1 is 1.05 bits per heavy atom. The lowest BCUT2D eigenvalue weighted by Crippen LogP contribution is -2.32. The highest BCUT2D eigenvalue weighted by atomic mass is 35.5. The first-order valence-corrected chi connectivity index (χ1v) is 7.76. The summed E-state index contributed by atoms with van der Waals surface area (Å²) in [6.45, 7) is 1.46. The number of halogens is 2. The Labute approximate surface area is 136 Å². The molecule has 112 valence electrons. The van der Waals surface area contributed by atoms with Crippen LogP contribution in [0.4, 0.5) is 0 Å². The second-order valence-corrected chi connectivity index (χ2v) is 6.04. The highest BCUT2D eigenvalue weighted by Gasteiger charge is 2.16. The molecule has 0 radical (unpaired) electrons. The number of hydrogen-bond acceptors (Lipinski definition) is 2. The van der Waals surface area contributed by atoms with Crippen molar-refractivity contribution in [3.05, 3.63) is 69.7 Å². The van der Waals surface area contributed by atoms with Gasteiger partial charge in [0.1, 0.15) is 0 Å². The van der Waals surface area contributed by atoms with E-state index < -0.39 is 0 Å². The van der Waals surface area contributed by atoms with Gasteiger partial charge >= 0.3 is 0 Å². The highest BCUT2D eigenvalue weighted by molar-refractivity contribution is 6.34. The van der Waals surface area contributed by atoms with Gasteiger partial charge in [0.05, 0.1) is 0 Å². The molecule has 21 heavy (non-hydrogen) atoms. The lowest BCUT2D eigenvalue weighted by Gasteiger charge is -2.27. The minimum absolute atomic E-state index is 0.116. The Morgan fingerprint density at radius 3 is 2.24 bits per heavy atom. The largest absolute Gasteiger partial charge is 0.329 e. The lowest BCUT2D eigenvalue weighted by molar-refractivity contribution is 0.253. The molecule has 0 aliphatic heterocycles. The fourth-order valence-corrected chi connectivity index (χ4v) is 2.99. The number of rotatable bonds is 6. The average Bonchev–Trinajstić information content (AvgIpc) is 2.46. The fraction of sp³-hybridized carbons (Fsp3) is 0.294. The number of nitrogens with zero attached hydrogens (tertiary/aromatic N) is 1. The van der Waals surface area contributed by atoms with Gasteiger partial charge in [-0.2, -0.15) is 0 Å². The minimum Gasteiger partial charge on any atom is -0.329 e. The summed E-state index contributed by atoms with van der Waals surface area (Å²) >= 11 is 12.2. The van der Waals surface area contributed by atoms with Crippen molar-refractivity contribution in [3.63, 3.8) is 0 Å². The van der Waals surface area contributed by atoms with Crippen LogP contribution in [0.3, 0.4) is 0 Å². The topological polar surface area (TPSA) is 29.3 Å². The summed E-state index contributed by atoms with van der Waals surface area (Å²) in [4.78, 5) is 2.25. The zero-order valence-corrected chi connectivity index (χ0v) is 13.6. The summed E-state index contributed by atoms with van der Waals surface area (Å²) in [6, 6.07) is 16.2. The van der Waals surface area contributed by atoms with Crippen LogP contribution in [0.15, 0.2) is 48.5 Å². The molecule has 0 aliphatic rings. The van der Waals surface area contributed by atoms with Gasteiger partial charge < -0.3 is 5.73 Å². The van der Waals surface area contributed by atoms with Crippen molar-refractivity contribution in [1.29, 1.82) is 0 Å². The van der Waals surface area contributed by atoms with Crippen molar-refractivity contribution in [3.8, 4) is 0 Å². The SMILES string of the molecule is CN(CCc1ccccc1)C(CN)c1cc(Cl)cc(Cl)c1. The van der Waals surface area contributed by atoms with Crippen molar-refractivity contribution in [2.75, 3.05) is 20.1 Å². The molecule has 4 heteroatoms. The van der Waals surface area contributed by atoms with Gasteiger partial charge in [-0.3, -0.25) is 4.90 Å². The third-order valence-corrected chi connectivity index (χ3v) is 4.06. The monoisotopic (exact) mass is 322 g/mol. The van der Waals surface area contributed by atoms with Crippen LogP contribution < -0.4 is 5.73 Å². The summed E-state index contributed by atoms with van der Waals surface area (Å²) in [5, 5.41) is 1.29. The van der Waals surface area contributed by atoms with Gasteiger partial charge in [-0.25, -0.2) is 0 Å². The predicted octanol–water partition coefficient (Wildman–Crippen LogP) is 4.17. The van der Waals surface area contributed by atoms with E-state index in [9.17, 15) is 0 Å². The fourth-order valence-electron chi connectivity index (χ4n) is 2.44. The van der Waals surface area contributed by atoms with E-state index in [1.54, 1.807) is 6.07 Å². The van der Waals surface area contributed by atoms with E-state index in [1.807, 2.05) is 18.2 Å². The molecule has 2 rings (SSSR count). The second kappa shape index (κ2) is 7.81. The zero-order chi connectivity index (χ0) is 15.2. The Balaban J connectivity index is 2.06. The third-order valence-electron chi connectivity index (χ3n) is 3.62. The zero-order valence-electron chi connectivity index (χ0n) is 12.1. The van der Waals surface area contributed by atoms with Crippen LogP contribution in [-0.2, 0) is 6.42 Å². The Bertz CT molecular complexity index is 552. The molecule has 0 fully saturated rings. The van der Waals surface area contributed by atoms with Crippen molar-refractivity contribution >= 4 is 23.2 Å². The van der Waals surface area contributed by atoms with E-state index in [0.29, 0.717) is 16.6 Å². The first kappa shape index (κ1) is 16.3. The maximum Gasteiger partial charge on any atom is 0.0468 e. The minimum atomic E-state index is 0.116. The van der Waals surface area contributed by atoms with Crippen LogP contribution in [0.25, 0.3) is 0 Å². The van der Waals surface area contributed by atoms with E-state index in [2.05, 4.69) is 36.2 Å². The normalized spacial score (nSPS) is 12.6. The summed E-state index contributed by atoms with van der Waals surface area (Å²) in [5.74, 6) is 0. The molecular weight excluding hydrogens is 303 g/mol. The third kappa shape index (κ3) is 4.72. The van der Waals surface area contributed by atoms with E-state index >= 15 is 0 Å². The molecule has 2 nitrogen and oxygen atoms in total. The van der Waals surface area contributed by atoms with Gasteiger partial charge in [0.15, 0.2) is 0 Å². The highest BCUT2D eigenvalue weighted by Crippen LogP contribution is 2.26. The van der Waals surface area contributed by atoms with E-state index in [4.69, 9.17) is 28.9 Å². The number of hydrogen-bond donors (Lipinski definition) is 1. The molecule has 2 aromatic carbocycles. The predicted molar refractivity (Wildman–Crippen MR) is 91.0 cm³/mol. The second-order valence-electron chi connectivity index (χ2n) is 5.17. The van der Waals surface area contributed by atoms with Crippen LogP contribution in [0.5, 0.6) is 0 Å². The molecule has 0 aromatic heterocycles. The van der Waals surface area contributed by atoms with E-state index in [0.717, 1.165) is 18.5 Å². The van der Waals surface area contributed by atoms with Crippen molar-refractivity contribution < 1.29 is 0 Å². The first-order chi connectivity index (χ1) is 10.1. The Kier molecular flexibility index (Phi) is 6.07. The van der Waals surface area contributed by atoms with Crippen molar-refractivity contribution in [2.45, 2.75) is 12.5 Å². The van der Waals surface area contributed by atoms with Gasteiger partial charge in [-0.15, -0.1) is 0 Å². The summed E-state index contributed by atoms with van der Waals surface area (Å²) in [6.07, 6.45) is 0.988. The van der Waals surface area contributed by atoms with Gasteiger partial charge in [0.2, 0.25) is 0 Å². The molecule has 0 saturated heterocycles. The standard InChI is InChI=1S/C17H20Cl2N2/c1-21(8-7-13-5-3-2-4-6-13)17(12-20)14-9-15(18)11-16(19)10-14/h2-6,9-11,17H,7-8,12,20H2,1H3. The van der Waals surface area contributed by atoms with E-state index in [1.165, 1.54) is 5.56 Å². The molecule has 1 unspecified atom stereocenters. The van der Waals surface area contributed by atoms with Crippen molar-refractivity contribution in [1.82, 2.24) is 4.90 Å². The average molecular weight is 323 g/mol. The molecule has 2 aromatic rings. The van der Waals surface area contributed by atoms with Gasteiger partial charge in [-0.1, -0.05) is 53.5 Å². The quantitative estimate of drug-likeness (QED) is 0.864.